The fourth-order valence-corrected chi connectivity index (χ4v) is 3.81. The molecule has 2 saturated heterocycles. The van der Waals surface area contributed by atoms with Crippen LogP contribution in [0.4, 0.5) is 5.69 Å². The van der Waals surface area contributed by atoms with Crippen LogP contribution in [0.2, 0.25) is 5.15 Å². The van der Waals surface area contributed by atoms with Crippen LogP contribution in [0.25, 0.3) is 0 Å². The number of fused-ring (bicyclic) bond motifs is 1. The summed E-state index contributed by atoms with van der Waals surface area (Å²) >= 11 is 5.92. The van der Waals surface area contributed by atoms with E-state index in [9.17, 15) is 8.42 Å². The number of aromatic nitrogens is 1. The third-order valence-corrected chi connectivity index (χ3v) is 6.05. The second kappa shape index (κ2) is 7.52. The zero-order valence-electron chi connectivity index (χ0n) is 14.7. The number of benzene rings is 1. The largest absolute Gasteiger partial charge is 0.365 e. The van der Waals surface area contributed by atoms with Gasteiger partial charge in [0.1, 0.15) is 5.15 Å². The zero-order chi connectivity index (χ0) is 18.9. The van der Waals surface area contributed by atoms with Crippen molar-refractivity contribution in [1.29, 1.82) is 0 Å². The van der Waals surface area contributed by atoms with Crippen LogP contribution in [0.3, 0.4) is 0 Å². The van der Waals surface area contributed by atoms with E-state index in [0.717, 1.165) is 30.1 Å². The van der Waals surface area contributed by atoms with Gasteiger partial charge in [0, 0.05) is 31.6 Å². The highest BCUT2D eigenvalue weighted by molar-refractivity contribution is 7.85. The maximum atomic E-state index is 10.5. The quantitative estimate of drug-likeness (QED) is 0.601. The Labute approximate surface area is 158 Å². The fraction of sp³-hybridized carbons (Fsp3) is 0.389. The van der Waals surface area contributed by atoms with Crippen molar-refractivity contribution in [3.63, 3.8) is 0 Å². The van der Waals surface area contributed by atoms with E-state index in [-0.39, 0.29) is 4.90 Å². The molecule has 0 spiro atoms. The van der Waals surface area contributed by atoms with E-state index in [2.05, 4.69) is 21.3 Å². The Balaban J connectivity index is 0.000000160. The maximum absolute atomic E-state index is 10.5. The first-order chi connectivity index (χ1) is 12.3. The lowest BCUT2D eigenvalue weighted by Gasteiger charge is -2.45. The number of aryl methyl sites for hydroxylation is 2. The molecule has 0 unspecified atom stereocenters. The van der Waals surface area contributed by atoms with Crippen molar-refractivity contribution in [2.45, 2.75) is 24.8 Å². The molecule has 4 rings (SSSR count). The number of nitrogens with one attached hydrogen (secondary N) is 1. The van der Waals surface area contributed by atoms with Crippen molar-refractivity contribution in [2.24, 2.45) is 5.92 Å². The van der Waals surface area contributed by atoms with Gasteiger partial charge in [0.15, 0.2) is 0 Å². The molecule has 140 valence electrons. The molecule has 2 aliphatic heterocycles. The minimum atomic E-state index is -4.02. The molecule has 26 heavy (non-hydrogen) atoms. The van der Waals surface area contributed by atoms with E-state index in [4.69, 9.17) is 16.2 Å². The molecule has 0 aliphatic carbocycles. The van der Waals surface area contributed by atoms with Crippen molar-refractivity contribution in [3.8, 4) is 0 Å². The SMILES string of the molecule is Cc1cc(N2C[C@H]3CNC[C@H]32)cnc1Cl.Cc1ccc(S(=O)(=O)O)cc1. The van der Waals surface area contributed by atoms with Crippen LogP contribution in [-0.2, 0) is 10.1 Å². The molecular weight excluding hydrogens is 374 g/mol. The maximum Gasteiger partial charge on any atom is 0.294 e. The Kier molecular flexibility index (Phi) is 5.53. The van der Waals surface area contributed by atoms with Gasteiger partial charge in [-0.3, -0.25) is 4.55 Å². The summed E-state index contributed by atoms with van der Waals surface area (Å²) in [6, 6.07) is 8.79. The molecule has 6 nitrogen and oxygen atoms in total. The summed E-state index contributed by atoms with van der Waals surface area (Å²) in [7, 11) is -4.02. The molecule has 1 aromatic heterocycles. The van der Waals surface area contributed by atoms with Crippen molar-refractivity contribution in [1.82, 2.24) is 10.3 Å². The summed E-state index contributed by atoms with van der Waals surface area (Å²) in [6.45, 7) is 7.27. The van der Waals surface area contributed by atoms with E-state index in [1.807, 2.05) is 20.0 Å². The Hall–Kier alpha value is -1.67. The first-order valence-corrected chi connectivity index (χ1v) is 10.2. The molecular formula is C18H22ClN3O3S. The van der Waals surface area contributed by atoms with Crippen LogP contribution < -0.4 is 10.2 Å². The number of nitrogens with zero attached hydrogens (tertiary/aromatic N) is 2. The van der Waals surface area contributed by atoms with Gasteiger partial charge in [-0.15, -0.1) is 0 Å². The minimum Gasteiger partial charge on any atom is -0.365 e. The molecule has 2 atom stereocenters. The first-order valence-electron chi connectivity index (χ1n) is 8.39. The zero-order valence-corrected chi connectivity index (χ0v) is 16.3. The summed E-state index contributed by atoms with van der Waals surface area (Å²) < 4.78 is 29.6. The van der Waals surface area contributed by atoms with E-state index < -0.39 is 10.1 Å². The highest BCUT2D eigenvalue weighted by atomic mass is 35.5. The molecule has 1 aromatic carbocycles. The van der Waals surface area contributed by atoms with Gasteiger partial charge in [-0.25, -0.2) is 4.98 Å². The Morgan fingerprint density at radius 1 is 1.23 bits per heavy atom. The second-order valence-electron chi connectivity index (χ2n) is 6.73. The van der Waals surface area contributed by atoms with Gasteiger partial charge in [0.2, 0.25) is 0 Å². The monoisotopic (exact) mass is 395 g/mol. The summed E-state index contributed by atoms with van der Waals surface area (Å²) in [4.78, 5) is 6.55. The average molecular weight is 396 g/mol. The van der Waals surface area contributed by atoms with Crippen LogP contribution in [0.15, 0.2) is 41.4 Å². The van der Waals surface area contributed by atoms with Gasteiger partial charge < -0.3 is 10.2 Å². The Bertz CT molecular complexity index is 887. The Morgan fingerprint density at radius 3 is 2.50 bits per heavy atom. The van der Waals surface area contributed by atoms with Gasteiger partial charge in [0.25, 0.3) is 10.1 Å². The lowest BCUT2D eigenvalue weighted by molar-refractivity contribution is 0.365. The Morgan fingerprint density at radius 2 is 1.92 bits per heavy atom. The second-order valence-corrected chi connectivity index (χ2v) is 8.51. The molecule has 8 heteroatoms. The predicted octanol–water partition coefficient (Wildman–Crippen LogP) is 2.69. The number of anilines is 1. The fourth-order valence-electron chi connectivity index (χ4n) is 3.23. The van der Waals surface area contributed by atoms with Crippen molar-refractivity contribution in [2.75, 3.05) is 24.5 Å². The predicted molar refractivity (Wildman–Crippen MR) is 102 cm³/mol. The highest BCUT2D eigenvalue weighted by Crippen LogP contribution is 2.33. The molecule has 3 heterocycles. The molecule has 0 saturated carbocycles. The van der Waals surface area contributed by atoms with Gasteiger partial charge in [-0.05, 0) is 37.6 Å². The molecule has 2 aliphatic rings. The lowest BCUT2D eigenvalue weighted by atomic mass is 9.91. The van der Waals surface area contributed by atoms with Crippen molar-refractivity contribution < 1.29 is 13.0 Å². The summed E-state index contributed by atoms with van der Waals surface area (Å²) in [5, 5.41) is 4.03. The number of hydrogen-bond donors (Lipinski definition) is 2. The van der Waals surface area contributed by atoms with Crippen LogP contribution in [-0.4, -0.2) is 43.6 Å². The molecule has 0 radical (unpaired) electrons. The number of hydrogen-bond acceptors (Lipinski definition) is 5. The van der Waals surface area contributed by atoms with Gasteiger partial charge in [0.05, 0.1) is 16.8 Å². The molecule has 0 amide bonds. The number of pyridine rings is 1. The molecule has 2 fully saturated rings. The van der Waals surface area contributed by atoms with E-state index in [1.165, 1.54) is 24.4 Å². The third kappa shape index (κ3) is 4.17. The molecule has 2 N–H and O–H groups in total. The number of rotatable bonds is 2. The summed E-state index contributed by atoms with van der Waals surface area (Å²) in [5.74, 6) is 0.834. The van der Waals surface area contributed by atoms with Crippen molar-refractivity contribution in [3.05, 3.63) is 52.8 Å². The van der Waals surface area contributed by atoms with Crippen molar-refractivity contribution >= 4 is 27.4 Å². The van der Waals surface area contributed by atoms with Crippen LogP contribution in [0.1, 0.15) is 11.1 Å². The van der Waals surface area contributed by atoms with E-state index >= 15 is 0 Å². The highest BCUT2D eigenvalue weighted by Gasteiger charge is 2.42. The van der Waals surface area contributed by atoms with Gasteiger partial charge in [-0.1, -0.05) is 29.3 Å². The molecule has 2 aromatic rings. The summed E-state index contributed by atoms with van der Waals surface area (Å²) in [6.07, 6.45) is 1.88. The average Bonchev–Trinajstić information content (AvgIpc) is 2.92. The van der Waals surface area contributed by atoms with Gasteiger partial charge >= 0.3 is 0 Å². The lowest BCUT2D eigenvalue weighted by Crippen LogP contribution is -2.55. The first kappa shape index (κ1) is 19.1. The smallest absolute Gasteiger partial charge is 0.294 e. The van der Waals surface area contributed by atoms with Crippen LogP contribution in [0.5, 0.6) is 0 Å². The minimum absolute atomic E-state index is 0.0666. The van der Waals surface area contributed by atoms with Crippen LogP contribution >= 0.6 is 11.6 Å². The summed E-state index contributed by atoms with van der Waals surface area (Å²) in [5.41, 5.74) is 3.22. The van der Waals surface area contributed by atoms with E-state index in [0.29, 0.717) is 11.2 Å². The number of halogens is 1. The normalized spacial score (nSPS) is 21.5. The van der Waals surface area contributed by atoms with Gasteiger partial charge in [-0.2, -0.15) is 8.42 Å². The molecule has 0 bridgehead atoms. The van der Waals surface area contributed by atoms with Crippen LogP contribution in [0, 0.1) is 19.8 Å². The van der Waals surface area contributed by atoms with E-state index in [1.54, 1.807) is 12.1 Å². The third-order valence-electron chi connectivity index (χ3n) is 4.79. The topological polar surface area (TPSA) is 82.5 Å². The standard InChI is InChI=1S/C11H14ClN3.C7H8O3S/c1-7-2-9(4-14-11(7)12)15-6-8-3-13-5-10(8)15;1-6-2-4-7(5-3-6)11(8,9)10/h2,4,8,10,13H,3,5-6H2,1H3;2-5H,1H3,(H,8,9,10)/t8-,10-;/m1./s1.